The largest absolute Gasteiger partial charge is 0.497 e. The maximum absolute atomic E-state index is 13.6. The van der Waals surface area contributed by atoms with Crippen LogP contribution in [0.15, 0.2) is 48.0 Å². The molecule has 4 heteroatoms. The molecule has 0 aromatic heterocycles. The maximum Gasteiger partial charge on any atom is 0.307 e. The zero-order chi connectivity index (χ0) is 17.3. The van der Waals surface area contributed by atoms with Gasteiger partial charge in [-0.05, 0) is 70.7 Å². The van der Waals surface area contributed by atoms with Gasteiger partial charge in [0.05, 0.1) is 13.5 Å². The average Bonchev–Trinajstić information content (AvgIpc) is 2.80. The van der Waals surface area contributed by atoms with E-state index in [0.29, 0.717) is 11.1 Å². The van der Waals surface area contributed by atoms with E-state index in [2.05, 4.69) is 0 Å². The van der Waals surface area contributed by atoms with Crippen molar-refractivity contribution in [2.24, 2.45) is 0 Å². The molecule has 24 heavy (non-hydrogen) atoms. The number of carboxylic acid groups (broad SMARTS) is 1. The Morgan fingerprint density at radius 3 is 2.50 bits per heavy atom. The molecule has 0 saturated carbocycles. The van der Waals surface area contributed by atoms with Gasteiger partial charge in [0.15, 0.2) is 0 Å². The number of carboxylic acids is 1. The lowest BCUT2D eigenvalue weighted by Crippen LogP contribution is -1.97. The van der Waals surface area contributed by atoms with Crippen LogP contribution in [0.25, 0.3) is 17.2 Å². The molecule has 0 atom stereocenters. The van der Waals surface area contributed by atoms with Crippen LogP contribution in [0.5, 0.6) is 5.75 Å². The number of hydrogen-bond donors (Lipinski definition) is 1. The van der Waals surface area contributed by atoms with E-state index in [-0.39, 0.29) is 12.2 Å². The summed E-state index contributed by atoms with van der Waals surface area (Å²) in [7, 11) is 1.61. The highest BCUT2D eigenvalue weighted by molar-refractivity contribution is 6.07. The maximum atomic E-state index is 13.6. The molecular weight excluding hydrogens is 307 g/mol. The smallest absolute Gasteiger partial charge is 0.307 e. The number of carbonyl (C=O) groups is 1. The Balaban J connectivity index is 2.11. The van der Waals surface area contributed by atoms with Gasteiger partial charge in [0.2, 0.25) is 0 Å². The summed E-state index contributed by atoms with van der Waals surface area (Å²) in [4.78, 5) is 11.2. The van der Waals surface area contributed by atoms with E-state index in [0.717, 1.165) is 28.0 Å². The summed E-state index contributed by atoms with van der Waals surface area (Å²) in [5, 5.41) is 9.16. The van der Waals surface area contributed by atoms with Crippen molar-refractivity contribution in [2.75, 3.05) is 7.11 Å². The highest BCUT2D eigenvalue weighted by atomic mass is 19.1. The number of halogens is 1. The van der Waals surface area contributed by atoms with E-state index in [1.807, 2.05) is 37.3 Å². The zero-order valence-corrected chi connectivity index (χ0v) is 13.5. The molecule has 1 N–H and O–H groups in total. The van der Waals surface area contributed by atoms with Crippen LogP contribution in [-0.4, -0.2) is 18.2 Å². The molecule has 2 aromatic rings. The minimum Gasteiger partial charge on any atom is -0.497 e. The first-order chi connectivity index (χ1) is 11.5. The SMILES string of the molecule is COc1ccc(/C=C2\C(C)=C(CC(=O)O)c3cc(F)ccc32)cc1. The van der Waals surface area contributed by atoms with Crippen LogP contribution in [0.2, 0.25) is 0 Å². The van der Waals surface area contributed by atoms with Crippen LogP contribution >= 0.6 is 0 Å². The number of ether oxygens (including phenoxy) is 1. The second-order valence-electron chi connectivity index (χ2n) is 5.70. The van der Waals surface area contributed by atoms with Gasteiger partial charge in [0.1, 0.15) is 11.6 Å². The molecule has 0 spiro atoms. The number of fused-ring (bicyclic) bond motifs is 1. The van der Waals surface area contributed by atoms with Crippen molar-refractivity contribution in [3.05, 3.63) is 70.5 Å². The monoisotopic (exact) mass is 324 g/mol. The summed E-state index contributed by atoms with van der Waals surface area (Å²) >= 11 is 0. The van der Waals surface area contributed by atoms with Gasteiger partial charge in [0.25, 0.3) is 0 Å². The van der Waals surface area contributed by atoms with E-state index >= 15 is 0 Å². The molecule has 122 valence electrons. The Bertz CT molecular complexity index is 861. The molecule has 1 aliphatic carbocycles. The van der Waals surface area contributed by atoms with E-state index in [4.69, 9.17) is 9.84 Å². The lowest BCUT2D eigenvalue weighted by molar-refractivity contribution is -0.135. The number of benzene rings is 2. The first kappa shape index (κ1) is 16.0. The molecule has 3 rings (SSSR count). The lowest BCUT2D eigenvalue weighted by Gasteiger charge is -2.05. The van der Waals surface area contributed by atoms with Gasteiger partial charge >= 0.3 is 5.97 Å². The van der Waals surface area contributed by atoms with Gasteiger partial charge in [-0.2, -0.15) is 0 Å². The minimum atomic E-state index is -0.926. The molecule has 0 unspecified atom stereocenters. The number of allylic oxidation sites excluding steroid dienone is 2. The van der Waals surface area contributed by atoms with Crippen LogP contribution in [-0.2, 0) is 4.79 Å². The van der Waals surface area contributed by atoms with Crippen molar-refractivity contribution in [1.82, 2.24) is 0 Å². The van der Waals surface area contributed by atoms with Gasteiger partial charge in [-0.1, -0.05) is 18.2 Å². The molecular formula is C20H17FO3. The molecule has 0 saturated heterocycles. The quantitative estimate of drug-likeness (QED) is 0.891. The van der Waals surface area contributed by atoms with Crippen molar-refractivity contribution in [1.29, 1.82) is 0 Å². The van der Waals surface area contributed by atoms with Crippen LogP contribution in [0.1, 0.15) is 30.0 Å². The third-order valence-electron chi connectivity index (χ3n) is 4.21. The van der Waals surface area contributed by atoms with Crippen LogP contribution < -0.4 is 4.74 Å². The van der Waals surface area contributed by atoms with Crippen LogP contribution in [0.3, 0.4) is 0 Å². The fourth-order valence-corrected chi connectivity index (χ4v) is 3.00. The Morgan fingerprint density at radius 1 is 1.17 bits per heavy atom. The third-order valence-corrected chi connectivity index (χ3v) is 4.21. The van der Waals surface area contributed by atoms with Gasteiger partial charge in [-0.3, -0.25) is 4.79 Å². The van der Waals surface area contributed by atoms with Crippen molar-refractivity contribution < 1.29 is 19.0 Å². The Kier molecular flexibility index (Phi) is 4.21. The van der Waals surface area contributed by atoms with Crippen molar-refractivity contribution in [3.63, 3.8) is 0 Å². The number of methoxy groups -OCH3 is 1. The molecule has 2 aromatic carbocycles. The molecule has 0 fully saturated rings. The number of rotatable bonds is 4. The molecule has 0 bridgehead atoms. The fraction of sp³-hybridized carbons (Fsp3) is 0.150. The van der Waals surface area contributed by atoms with Gasteiger partial charge < -0.3 is 9.84 Å². The van der Waals surface area contributed by atoms with Crippen molar-refractivity contribution >= 4 is 23.2 Å². The third kappa shape index (κ3) is 2.95. The topological polar surface area (TPSA) is 46.5 Å². The Morgan fingerprint density at radius 2 is 1.88 bits per heavy atom. The molecule has 0 heterocycles. The molecule has 0 amide bonds. The summed E-state index contributed by atoms with van der Waals surface area (Å²) < 4.78 is 18.8. The summed E-state index contributed by atoms with van der Waals surface area (Å²) in [5.74, 6) is -0.523. The minimum absolute atomic E-state index is 0.123. The standard InChI is InChI=1S/C20H17FO3/c1-12-17(9-13-3-6-15(24-2)7-4-13)16-8-5-14(21)10-19(16)18(12)11-20(22)23/h3-10H,11H2,1-2H3,(H,22,23)/b17-9+. The summed E-state index contributed by atoms with van der Waals surface area (Å²) in [6.45, 7) is 1.88. The highest BCUT2D eigenvalue weighted by Gasteiger charge is 2.25. The van der Waals surface area contributed by atoms with Gasteiger partial charge in [-0.25, -0.2) is 4.39 Å². The molecule has 1 aliphatic rings. The first-order valence-electron chi connectivity index (χ1n) is 7.57. The summed E-state index contributed by atoms with van der Waals surface area (Å²) in [6.07, 6.45) is 1.86. The number of hydrogen-bond acceptors (Lipinski definition) is 2. The summed E-state index contributed by atoms with van der Waals surface area (Å²) in [6, 6.07) is 12.1. The van der Waals surface area contributed by atoms with E-state index in [1.165, 1.54) is 12.1 Å². The predicted octanol–water partition coefficient (Wildman–Crippen LogP) is 4.64. The predicted molar refractivity (Wildman–Crippen MR) is 92.1 cm³/mol. The molecule has 0 aliphatic heterocycles. The van der Waals surface area contributed by atoms with E-state index < -0.39 is 5.97 Å². The van der Waals surface area contributed by atoms with Crippen LogP contribution in [0, 0.1) is 5.82 Å². The van der Waals surface area contributed by atoms with Gasteiger partial charge in [0, 0.05) is 0 Å². The van der Waals surface area contributed by atoms with Crippen LogP contribution in [0.4, 0.5) is 4.39 Å². The lowest BCUT2D eigenvalue weighted by atomic mass is 10.0. The second kappa shape index (κ2) is 6.32. The molecule has 0 radical (unpaired) electrons. The fourth-order valence-electron chi connectivity index (χ4n) is 3.00. The van der Waals surface area contributed by atoms with Crippen molar-refractivity contribution in [3.8, 4) is 5.75 Å². The summed E-state index contributed by atoms with van der Waals surface area (Å²) in [5.41, 5.74) is 4.95. The van der Waals surface area contributed by atoms with Gasteiger partial charge in [-0.15, -0.1) is 0 Å². The van der Waals surface area contributed by atoms with E-state index in [9.17, 15) is 9.18 Å². The average molecular weight is 324 g/mol. The normalized spacial score (nSPS) is 14.9. The van der Waals surface area contributed by atoms with Crippen molar-refractivity contribution in [2.45, 2.75) is 13.3 Å². The Labute approximate surface area is 139 Å². The van der Waals surface area contributed by atoms with E-state index in [1.54, 1.807) is 13.2 Å². The second-order valence-corrected chi connectivity index (χ2v) is 5.70. The molecule has 3 nitrogen and oxygen atoms in total. The number of aliphatic carboxylic acids is 1. The highest BCUT2D eigenvalue weighted by Crippen LogP contribution is 2.43. The first-order valence-corrected chi connectivity index (χ1v) is 7.57. The Hall–Kier alpha value is -2.88. The zero-order valence-electron chi connectivity index (χ0n) is 13.5.